The standard InChI is InChI=1S/C11H17ClN4O3S/c1-4-14-9-8(12)5-7(6-15-9)20(18,19)16-11(2,3)10(13)17/h5-6,16H,4H2,1-3H3,(H2,13,17)(H,14,15). The van der Waals surface area contributed by atoms with Gasteiger partial charge in [-0.05, 0) is 26.8 Å². The van der Waals surface area contributed by atoms with Crippen LogP contribution in [-0.2, 0) is 14.8 Å². The highest BCUT2D eigenvalue weighted by atomic mass is 35.5. The van der Waals surface area contributed by atoms with Crippen molar-refractivity contribution >= 4 is 33.3 Å². The highest BCUT2D eigenvalue weighted by Crippen LogP contribution is 2.23. The van der Waals surface area contributed by atoms with Crippen LogP contribution in [0.1, 0.15) is 20.8 Å². The molecular weight excluding hydrogens is 304 g/mol. The second kappa shape index (κ2) is 5.94. The molecule has 1 amide bonds. The van der Waals surface area contributed by atoms with Gasteiger partial charge in [0.05, 0.1) is 5.02 Å². The van der Waals surface area contributed by atoms with Crippen molar-refractivity contribution in [2.45, 2.75) is 31.2 Å². The van der Waals surface area contributed by atoms with Gasteiger partial charge in [0.25, 0.3) is 0 Å². The number of hydrogen-bond acceptors (Lipinski definition) is 5. The quantitative estimate of drug-likeness (QED) is 0.714. The number of halogens is 1. The smallest absolute Gasteiger partial charge is 0.243 e. The van der Waals surface area contributed by atoms with E-state index in [1.54, 1.807) is 0 Å². The van der Waals surface area contributed by atoms with Gasteiger partial charge in [0, 0.05) is 12.7 Å². The Morgan fingerprint density at radius 3 is 2.55 bits per heavy atom. The number of nitrogens with one attached hydrogen (secondary N) is 2. The fourth-order valence-electron chi connectivity index (χ4n) is 1.31. The van der Waals surface area contributed by atoms with Crippen LogP contribution in [0.25, 0.3) is 0 Å². The van der Waals surface area contributed by atoms with Gasteiger partial charge in [-0.15, -0.1) is 0 Å². The summed E-state index contributed by atoms with van der Waals surface area (Å²) in [6, 6.07) is 1.26. The number of pyridine rings is 1. The number of anilines is 1. The molecule has 0 radical (unpaired) electrons. The summed E-state index contributed by atoms with van der Waals surface area (Å²) < 4.78 is 26.5. The molecule has 1 aromatic rings. The number of sulfonamides is 1. The summed E-state index contributed by atoms with van der Waals surface area (Å²) in [7, 11) is -3.94. The molecule has 4 N–H and O–H groups in total. The number of carbonyl (C=O) groups is 1. The van der Waals surface area contributed by atoms with Crippen LogP contribution in [0, 0.1) is 0 Å². The summed E-state index contributed by atoms with van der Waals surface area (Å²) in [4.78, 5) is 15.0. The lowest BCUT2D eigenvalue weighted by Crippen LogP contribution is -2.52. The first-order chi connectivity index (χ1) is 9.10. The second-order valence-corrected chi connectivity index (χ2v) is 6.72. The lowest BCUT2D eigenvalue weighted by molar-refractivity contribution is -0.122. The van der Waals surface area contributed by atoms with Gasteiger partial charge in [-0.1, -0.05) is 11.6 Å². The van der Waals surface area contributed by atoms with E-state index >= 15 is 0 Å². The van der Waals surface area contributed by atoms with Gasteiger partial charge in [-0.3, -0.25) is 4.79 Å². The van der Waals surface area contributed by atoms with E-state index in [2.05, 4.69) is 15.0 Å². The van der Waals surface area contributed by atoms with E-state index in [9.17, 15) is 13.2 Å². The Morgan fingerprint density at radius 1 is 1.50 bits per heavy atom. The van der Waals surface area contributed by atoms with Crippen molar-refractivity contribution in [1.29, 1.82) is 0 Å². The van der Waals surface area contributed by atoms with Gasteiger partial charge in [0.1, 0.15) is 16.3 Å². The minimum Gasteiger partial charge on any atom is -0.369 e. The molecule has 9 heteroatoms. The average molecular weight is 321 g/mol. The SMILES string of the molecule is CCNc1ncc(S(=O)(=O)NC(C)(C)C(N)=O)cc1Cl. The van der Waals surface area contributed by atoms with E-state index in [4.69, 9.17) is 17.3 Å². The topological polar surface area (TPSA) is 114 Å². The summed E-state index contributed by atoms with van der Waals surface area (Å²) >= 11 is 5.94. The monoisotopic (exact) mass is 320 g/mol. The van der Waals surface area contributed by atoms with E-state index in [-0.39, 0.29) is 9.92 Å². The summed E-state index contributed by atoms with van der Waals surface area (Å²) in [6.45, 7) is 5.20. The number of rotatable bonds is 6. The highest BCUT2D eigenvalue weighted by molar-refractivity contribution is 7.89. The molecule has 1 heterocycles. The molecule has 7 nitrogen and oxygen atoms in total. The zero-order valence-electron chi connectivity index (χ0n) is 11.4. The van der Waals surface area contributed by atoms with Crippen LogP contribution >= 0.6 is 11.6 Å². The Hall–Kier alpha value is -1.38. The third-order valence-electron chi connectivity index (χ3n) is 2.48. The van der Waals surface area contributed by atoms with Gasteiger partial charge in [0.15, 0.2) is 0 Å². The molecule has 0 fully saturated rings. The Balaban J connectivity index is 3.11. The maximum atomic E-state index is 12.1. The number of nitrogens with two attached hydrogens (primary N) is 1. The van der Waals surface area contributed by atoms with E-state index in [1.807, 2.05) is 6.92 Å². The molecular formula is C11H17ClN4O3S. The Kier molecular flexibility index (Phi) is 4.95. The molecule has 112 valence electrons. The number of carbonyl (C=O) groups excluding carboxylic acids is 1. The maximum absolute atomic E-state index is 12.1. The third kappa shape index (κ3) is 3.81. The summed E-state index contributed by atoms with van der Waals surface area (Å²) in [5, 5.41) is 3.06. The number of aromatic nitrogens is 1. The summed E-state index contributed by atoms with van der Waals surface area (Å²) in [6.07, 6.45) is 1.16. The lowest BCUT2D eigenvalue weighted by Gasteiger charge is -2.22. The Bertz CT molecular complexity index is 616. The first-order valence-electron chi connectivity index (χ1n) is 5.83. The molecule has 0 saturated carbocycles. The van der Waals surface area contributed by atoms with Crippen molar-refractivity contribution in [2.24, 2.45) is 5.73 Å². The molecule has 1 aromatic heterocycles. The lowest BCUT2D eigenvalue weighted by atomic mass is 10.1. The first kappa shape index (κ1) is 16.7. The average Bonchev–Trinajstić information content (AvgIpc) is 2.30. The first-order valence-corrected chi connectivity index (χ1v) is 7.69. The fourth-order valence-corrected chi connectivity index (χ4v) is 2.96. The van der Waals surface area contributed by atoms with Crippen LogP contribution in [0.4, 0.5) is 5.82 Å². The minimum absolute atomic E-state index is 0.140. The van der Waals surface area contributed by atoms with Gasteiger partial charge < -0.3 is 11.1 Å². The van der Waals surface area contributed by atoms with Crippen molar-refractivity contribution in [2.75, 3.05) is 11.9 Å². The zero-order valence-corrected chi connectivity index (χ0v) is 13.0. The van der Waals surface area contributed by atoms with Crippen LogP contribution in [0.2, 0.25) is 5.02 Å². The van der Waals surface area contributed by atoms with E-state index < -0.39 is 21.5 Å². The number of nitrogens with zero attached hydrogens (tertiary/aromatic N) is 1. The Morgan fingerprint density at radius 2 is 2.10 bits per heavy atom. The predicted octanol–water partition coefficient (Wildman–Crippen LogP) is 0.709. The van der Waals surface area contributed by atoms with Crippen LogP contribution in [0.3, 0.4) is 0 Å². The molecule has 0 aliphatic heterocycles. The van der Waals surface area contributed by atoms with Gasteiger partial charge >= 0.3 is 0 Å². The second-order valence-electron chi connectivity index (χ2n) is 4.63. The predicted molar refractivity (Wildman–Crippen MR) is 77.0 cm³/mol. The van der Waals surface area contributed by atoms with E-state index in [0.29, 0.717) is 12.4 Å². The molecule has 0 spiro atoms. The van der Waals surface area contributed by atoms with Crippen molar-refractivity contribution in [1.82, 2.24) is 9.71 Å². The maximum Gasteiger partial charge on any atom is 0.243 e. The molecule has 0 unspecified atom stereocenters. The largest absolute Gasteiger partial charge is 0.369 e. The third-order valence-corrected chi connectivity index (χ3v) is 4.39. The van der Waals surface area contributed by atoms with Crippen LogP contribution in [0.15, 0.2) is 17.2 Å². The fraction of sp³-hybridized carbons (Fsp3) is 0.455. The van der Waals surface area contributed by atoms with Crippen molar-refractivity contribution in [3.63, 3.8) is 0 Å². The minimum atomic E-state index is -3.94. The molecule has 20 heavy (non-hydrogen) atoms. The van der Waals surface area contributed by atoms with Crippen LogP contribution in [-0.4, -0.2) is 31.4 Å². The molecule has 0 aromatic carbocycles. The van der Waals surface area contributed by atoms with E-state index in [1.165, 1.54) is 19.9 Å². The normalized spacial score (nSPS) is 12.2. The van der Waals surface area contributed by atoms with Crippen LogP contribution in [0.5, 0.6) is 0 Å². The number of primary amides is 1. The Labute approximate surface area is 123 Å². The highest BCUT2D eigenvalue weighted by Gasteiger charge is 2.31. The molecule has 0 aliphatic carbocycles. The molecule has 0 aliphatic rings. The van der Waals surface area contributed by atoms with Crippen LogP contribution < -0.4 is 15.8 Å². The number of amides is 1. The van der Waals surface area contributed by atoms with Crippen molar-refractivity contribution < 1.29 is 13.2 Å². The summed E-state index contributed by atoms with van der Waals surface area (Å²) in [5.74, 6) is -0.397. The molecule has 0 bridgehead atoms. The van der Waals surface area contributed by atoms with Gasteiger partial charge in [-0.2, -0.15) is 4.72 Å². The zero-order chi connectivity index (χ0) is 15.6. The van der Waals surface area contributed by atoms with Crippen molar-refractivity contribution in [3.8, 4) is 0 Å². The van der Waals surface area contributed by atoms with Crippen molar-refractivity contribution in [3.05, 3.63) is 17.3 Å². The molecule has 0 saturated heterocycles. The molecule has 0 atom stereocenters. The van der Waals surface area contributed by atoms with E-state index in [0.717, 1.165) is 6.20 Å². The van der Waals surface area contributed by atoms with Gasteiger partial charge in [-0.25, -0.2) is 13.4 Å². The number of hydrogen-bond donors (Lipinski definition) is 3. The van der Waals surface area contributed by atoms with Gasteiger partial charge in [0.2, 0.25) is 15.9 Å². The summed E-state index contributed by atoms with van der Waals surface area (Å²) in [5.41, 5.74) is 3.72. The molecule has 1 rings (SSSR count).